The van der Waals surface area contributed by atoms with Crippen LogP contribution in [0.3, 0.4) is 0 Å². The van der Waals surface area contributed by atoms with Gasteiger partial charge in [0.15, 0.2) is 0 Å². The van der Waals surface area contributed by atoms with Crippen LogP contribution in [-0.2, 0) is 12.8 Å². The molecular weight excluding hydrogens is 333 g/mol. The van der Waals surface area contributed by atoms with E-state index in [0.717, 1.165) is 38.8 Å². The molecule has 3 rings (SSSR count). The summed E-state index contributed by atoms with van der Waals surface area (Å²) >= 11 is 0. The van der Waals surface area contributed by atoms with Crippen LogP contribution in [0.1, 0.15) is 62.1 Å². The third-order valence-electron chi connectivity index (χ3n) is 6.23. The first-order valence-electron chi connectivity index (χ1n) is 10.7. The Morgan fingerprint density at radius 3 is 2.30 bits per heavy atom. The Bertz CT molecular complexity index is 666. The summed E-state index contributed by atoms with van der Waals surface area (Å²) in [6.07, 6.45) is 5.27. The van der Waals surface area contributed by atoms with Gasteiger partial charge in [0.1, 0.15) is 6.17 Å². The lowest BCUT2D eigenvalue weighted by atomic mass is 9.95. The predicted octanol–water partition coefficient (Wildman–Crippen LogP) is 6.18. The van der Waals surface area contributed by atoms with Gasteiger partial charge in [0.2, 0.25) is 0 Å². The molecule has 146 valence electrons. The number of aryl methyl sites for hydroxylation is 1. The van der Waals surface area contributed by atoms with Crippen LogP contribution < -0.4 is 0 Å². The fourth-order valence-electron chi connectivity index (χ4n) is 4.35. The van der Waals surface area contributed by atoms with Crippen molar-refractivity contribution in [1.29, 1.82) is 0 Å². The number of likely N-dealkylation sites (N-methyl/N-ethyl adjacent to an activating group) is 1. The minimum Gasteiger partial charge on any atom is -0.301 e. The fraction of sp³-hybridized carbons (Fsp3) is 0.520. The maximum absolute atomic E-state index is 13.4. The zero-order valence-electron chi connectivity index (χ0n) is 16.9. The van der Waals surface area contributed by atoms with E-state index >= 15 is 0 Å². The Balaban J connectivity index is 1.46. The Morgan fingerprint density at radius 2 is 1.67 bits per heavy atom. The van der Waals surface area contributed by atoms with Gasteiger partial charge < -0.3 is 4.90 Å². The molecule has 0 aliphatic heterocycles. The molecule has 1 nitrogen and oxygen atoms in total. The van der Waals surface area contributed by atoms with Crippen molar-refractivity contribution in [3.8, 4) is 0 Å². The van der Waals surface area contributed by atoms with Crippen molar-refractivity contribution in [2.24, 2.45) is 0 Å². The van der Waals surface area contributed by atoms with Crippen LogP contribution in [-0.4, -0.2) is 30.2 Å². The number of alkyl halides is 1. The summed E-state index contributed by atoms with van der Waals surface area (Å²) in [4.78, 5) is 2.58. The molecule has 1 saturated carbocycles. The summed E-state index contributed by atoms with van der Waals surface area (Å²) in [5.41, 5.74) is 4.14. The van der Waals surface area contributed by atoms with E-state index in [1.807, 2.05) is 0 Å². The molecule has 27 heavy (non-hydrogen) atoms. The van der Waals surface area contributed by atoms with Gasteiger partial charge >= 0.3 is 0 Å². The number of rotatable bonds is 9. The van der Waals surface area contributed by atoms with Gasteiger partial charge in [-0.15, -0.1) is 0 Å². The number of nitrogens with zero attached hydrogens (tertiary/aromatic N) is 1. The summed E-state index contributed by atoms with van der Waals surface area (Å²) in [6, 6.07) is 20.3. The second kappa shape index (κ2) is 10.0. The van der Waals surface area contributed by atoms with E-state index in [1.165, 1.54) is 23.1 Å². The summed E-state index contributed by atoms with van der Waals surface area (Å²) in [5.74, 6) is 0.432. The Morgan fingerprint density at radius 1 is 0.963 bits per heavy atom. The van der Waals surface area contributed by atoms with E-state index < -0.39 is 6.17 Å². The molecule has 0 heterocycles. The second-order valence-corrected chi connectivity index (χ2v) is 8.10. The molecule has 2 aromatic rings. The zero-order valence-corrected chi connectivity index (χ0v) is 16.9. The Kier molecular flexibility index (Phi) is 7.46. The molecule has 1 aliphatic carbocycles. The third-order valence-corrected chi connectivity index (χ3v) is 6.23. The van der Waals surface area contributed by atoms with Crippen molar-refractivity contribution < 1.29 is 4.39 Å². The normalized spacial score (nSPS) is 20.9. The predicted molar refractivity (Wildman–Crippen MR) is 113 cm³/mol. The minimum atomic E-state index is -0.591. The van der Waals surface area contributed by atoms with Crippen LogP contribution in [0.15, 0.2) is 54.6 Å². The zero-order chi connectivity index (χ0) is 19.1. The highest BCUT2D eigenvalue weighted by atomic mass is 19.1. The number of benzene rings is 2. The van der Waals surface area contributed by atoms with Gasteiger partial charge in [0.25, 0.3) is 0 Å². The van der Waals surface area contributed by atoms with Gasteiger partial charge in [-0.2, -0.15) is 0 Å². The highest BCUT2D eigenvalue weighted by Gasteiger charge is 2.25. The van der Waals surface area contributed by atoms with Gasteiger partial charge in [0, 0.05) is 12.6 Å². The van der Waals surface area contributed by atoms with E-state index in [0.29, 0.717) is 18.4 Å². The maximum atomic E-state index is 13.4. The number of hydrogen-bond acceptors (Lipinski definition) is 1. The molecule has 0 saturated heterocycles. The Hall–Kier alpha value is -1.67. The van der Waals surface area contributed by atoms with Crippen LogP contribution in [0.5, 0.6) is 0 Å². The smallest absolute Gasteiger partial charge is 0.101 e. The molecule has 0 bridgehead atoms. The van der Waals surface area contributed by atoms with E-state index in [4.69, 9.17) is 0 Å². The molecule has 0 amide bonds. The van der Waals surface area contributed by atoms with Gasteiger partial charge in [-0.25, -0.2) is 4.39 Å². The molecule has 0 N–H and O–H groups in total. The monoisotopic (exact) mass is 367 g/mol. The minimum absolute atomic E-state index is 0.432. The third kappa shape index (κ3) is 5.90. The molecule has 2 aromatic carbocycles. The number of halogens is 1. The molecule has 0 radical (unpaired) electrons. The van der Waals surface area contributed by atoms with Gasteiger partial charge in [-0.3, -0.25) is 0 Å². The summed E-state index contributed by atoms with van der Waals surface area (Å²) in [7, 11) is 0. The topological polar surface area (TPSA) is 3.24 Å². The molecule has 0 spiro atoms. The van der Waals surface area contributed by atoms with E-state index in [2.05, 4.69) is 73.3 Å². The lowest BCUT2D eigenvalue weighted by Gasteiger charge is -2.28. The largest absolute Gasteiger partial charge is 0.301 e. The quantitative estimate of drug-likeness (QED) is 0.512. The molecule has 3 unspecified atom stereocenters. The standard InChI is InChI=1S/C25H34FN/c1-3-27(18-17-21-7-5-4-6-8-21)20(2)9-10-22-11-13-23(14-12-22)24-15-16-25(26)19-24/h4-8,11-14,20,24-25H,3,9-10,15-19H2,1-2H3. The van der Waals surface area contributed by atoms with Crippen LogP contribution in [0.4, 0.5) is 4.39 Å². The van der Waals surface area contributed by atoms with Gasteiger partial charge in [0.05, 0.1) is 0 Å². The van der Waals surface area contributed by atoms with Crippen LogP contribution >= 0.6 is 0 Å². The second-order valence-electron chi connectivity index (χ2n) is 8.10. The van der Waals surface area contributed by atoms with Crippen molar-refractivity contribution in [2.75, 3.05) is 13.1 Å². The summed E-state index contributed by atoms with van der Waals surface area (Å²) in [6.45, 7) is 6.82. The average molecular weight is 368 g/mol. The SMILES string of the molecule is CCN(CCc1ccccc1)C(C)CCc1ccc(C2CCC(F)C2)cc1. The maximum Gasteiger partial charge on any atom is 0.101 e. The van der Waals surface area contributed by atoms with Crippen LogP contribution in [0.2, 0.25) is 0 Å². The van der Waals surface area contributed by atoms with Crippen molar-refractivity contribution in [3.63, 3.8) is 0 Å². The van der Waals surface area contributed by atoms with Crippen LogP contribution in [0, 0.1) is 0 Å². The highest BCUT2D eigenvalue weighted by Crippen LogP contribution is 2.36. The van der Waals surface area contributed by atoms with Crippen molar-refractivity contribution >= 4 is 0 Å². The lowest BCUT2D eigenvalue weighted by molar-refractivity contribution is 0.212. The van der Waals surface area contributed by atoms with Gasteiger partial charge in [-0.05, 0) is 74.6 Å². The van der Waals surface area contributed by atoms with Gasteiger partial charge in [-0.1, -0.05) is 61.5 Å². The van der Waals surface area contributed by atoms with Crippen LogP contribution in [0.25, 0.3) is 0 Å². The first-order valence-corrected chi connectivity index (χ1v) is 10.7. The van der Waals surface area contributed by atoms with Crippen molar-refractivity contribution in [1.82, 2.24) is 4.90 Å². The van der Waals surface area contributed by atoms with E-state index in [-0.39, 0.29) is 0 Å². The highest BCUT2D eigenvalue weighted by molar-refractivity contribution is 5.26. The van der Waals surface area contributed by atoms with Crippen molar-refractivity contribution in [2.45, 2.75) is 70.5 Å². The molecule has 2 heteroatoms. The molecular formula is C25H34FN. The molecule has 1 aliphatic rings. The fourth-order valence-corrected chi connectivity index (χ4v) is 4.35. The Labute approximate surface area is 164 Å². The van der Waals surface area contributed by atoms with E-state index in [9.17, 15) is 4.39 Å². The van der Waals surface area contributed by atoms with Crippen molar-refractivity contribution in [3.05, 3.63) is 71.3 Å². The lowest BCUT2D eigenvalue weighted by Crippen LogP contribution is -2.35. The number of hydrogen-bond donors (Lipinski definition) is 0. The van der Waals surface area contributed by atoms with E-state index in [1.54, 1.807) is 0 Å². The molecule has 0 aromatic heterocycles. The first-order chi connectivity index (χ1) is 13.2. The first kappa shape index (κ1) is 20.1. The average Bonchev–Trinajstić information content (AvgIpc) is 3.14. The molecule has 3 atom stereocenters. The summed E-state index contributed by atoms with van der Waals surface area (Å²) in [5, 5.41) is 0. The summed E-state index contributed by atoms with van der Waals surface area (Å²) < 4.78 is 13.4. The molecule has 1 fully saturated rings.